The van der Waals surface area contributed by atoms with Crippen LogP contribution in [0.4, 0.5) is 0 Å². The van der Waals surface area contributed by atoms with Crippen LogP contribution in [-0.2, 0) is 0 Å². The summed E-state index contributed by atoms with van der Waals surface area (Å²) < 4.78 is 10.9. The molecule has 2 rings (SSSR count). The van der Waals surface area contributed by atoms with E-state index in [1.165, 1.54) is 12.5 Å². The number of methoxy groups -OCH3 is 1. The molecule has 0 radical (unpaired) electrons. The van der Waals surface area contributed by atoms with Gasteiger partial charge in [-0.2, -0.15) is 0 Å². The van der Waals surface area contributed by atoms with Gasteiger partial charge in [0.2, 0.25) is 0 Å². The van der Waals surface area contributed by atoms with E-state index in [-0.39, 0.29) is 0 Å². The van der Waals surface area contributed by atoms with Crippen molar-refractivity contribution >= 4 is 15.9 Å². The van der Waals surface area contributed by atoms with Crippen LogP contribution in [0.25, 0.3) is 0 Å². The fraction of sp³-hybridized carbons (Fsp3) is 0.167. The van der Waals surface area contributed by atoms with Gasteiger partial charge in [0.25, 0.3) is 0 Å². The maximum Gasteiger partial charge on any atom is 0.119 e. The molecule has 84 valence electrons. The number of hydrogen-bond acceptors (Lipinski definition) is 3. The Morgan fingerprint density at radius 3 is 2.81 bits per heavy atom. The van der Waals surface area contributed by atoms with E-state index in [0.717, 1.165) is 10.0 Å². The van der Waals surface area contributed by atoms with Gasteiger partial charge in [-0.25, -0.2) is 0 Å². The zero-order valence-corrected chi connectivity index (χ0v) is 10.3. The lowest BCUT2D eigenvalue weighted by Gasteiger charge is -2.12. The van der Waals surface area contributed by atoms with Crippen LogP contribution in [0.15, 0.2) is 45.7 Å². The molecule has 1 unspecified atom stereocenters. The second-order valence-electron chi connectivity index (χ2n) is 3.35. The molecule has 0 bridgehead atoms. The fourth-order valence-electron chi connectivity index (χ4n) is 1.47. The Bertz CT molecular complexity index is 465. The van der Waals surface area contributed by atoms with Crippen LogP contribution in [0.3, 0.4) is 0 Å². The van der Waals surface area contributed by atoms with Crippen LogP contribution in [0.5, 0.6) is 5.75 Å². The van der Waals surface area contributed by atoms with Gasteiger partial charge in [-0.1, -0.05) is 15.9 Å². The monoisotopic (exact) mass is 282 g/mol. The van der Waals surface area contributed by atoms with E-state index in [0.29, 0.717) is 11.3 Å². The minimum atomic E-state index is -0.719. The van der Waals surface area contributed by atoms with E-state index in [9.17, 15) is 5.11 Å². The van der Waals surface area contributed by atoms with Crippen molar-refractivity contribution in [3.8, 4) is 5.75 Å². The molecule has 4 heteroatoms. The molecule has 0 spiro atoms. The number of rotatable bonds is 3. The third kappa shape index (κ3) is 2.13. The van der Waals surface area contributed by atoms with Gasteiger partial charge in [0.05, 0.1) is 19.6 Å². The molecule has 1 aromatic heterocycles. The number of aliphatic hydroxyl groups is 1. The lowest BCUT2D eigenvalue weighted by atomic mass is 10.0. The molecular weight excluding hydrogens is 272 g/mol. The molecule has 0 saturated heterocycles. The smallest absolute Gasteiger partial charge is 0.119 e. The van der Waals surface area contributed by atoms with E-state index in [4.69, 9.17) is 9.15 Å². The lowest BCUT2D eigenvalue weighted by molar-refractivity contribution is 0.218. The SMILES string of the molecule is COc1ccc(Br)c(C(O)c2ccoc2)c1. The Balaban J connectivity index is 2.39. The van der Waals surface area contributed by atoms with Crippen molar-refractivity contribution in [2.75, 3.05) is 7.11 Å². The van der Waals surface area contributed by atoms with Crippen molar-refractivity contribution in [1.29, 1.82) is 0 Å². The zero-order valence-electron chi connectivity index (χ0n) is 8.68. The summed E-state index contributed by atoms with van der Waals surface area (Å²) in [6, 6.07) is 7.20. The quantitative estimate of drug-likeness (QED) is 0.941. The lowest BCUT2D eigenvalue weighted by Crippen LogP contribution is -1.99. The minimum absolute atomic E-state index is 0.709. The summed E-state index contributed by atoms with van der Waals surface area (Å²) in [5.74, 6) is 0.709. The first-order valence-electron chi connectivity index (χ1n) is 4.76. The summed E-state index contributed by atoms with van der Waals surface area (Å²) in [6.07, 6.45) is 2.34. The predicted octanol–water partition coefficient (Wildman–Crippen LogP) is 3.13. The maximum absolute atomic E-state index is 10.1. The van der Waals surface area contributed by atoms with Crippen LogP contribution in [0, 0.1) is 0 Å². The Labute approximate surface area is 102 Å². The van der Waals surface area contributed by atoms with Crippen LogP contribution in [0.2, 0.25) is 0 Å². The van der Waals surface area contributed by atoms with Crippen LogP contribution < -0.4 is 4.74 Å². The number of furan rings is 1. The second kappa shape index (κ2) is 4.72. The summed E-state index contributed by atoms with van der Waals surface area (Å²) >= 11 is 3.40. The Kier molecular flexibility index (Phi) is 3.31. The van der Waals surface area contributed by atoms with Crippen molar-refractivity contribution in [2.45, 2.75) is 6.10 Å². The molecule has 1 heterocycles. The highest BCUT2D eigenvalue weighted by molar-refractivity contribution is 9.10. The summed E-state index contributed by atoms with van der Waals surface area (Å²) in [5.41, 5.74) is 1.47. The first-order valence-corrected chi connectivity index (χ1v) is 5.55. The minimum Gasteiger partial charge on any atom is -0.497 e. The largest absolute Gasteiger partial charge is 0.497 e. The molecule has 0 amide bonds. The van der Waals surface area contributed by atoms with Gasteiger partial charge in [-0.3, -0.25) is 0 Å². The van der Waals surface area contributed by atoms with E-state index in [1.54, 1.807) is 19.2 Å². The zero-order chi connectivity index (χ0) is 11.5. The van der Waals surface area contributed by atoms with E-state index in [2.05, 4.69) is 15.9 Å². The fourth-order valence-corrected chi connectivity index (χ4v) is 1.93. The van der Waals surface area contributed by atoms with Crippen molar-refractivity contribution in [3.05, 3.63) is 52.4 Å². The molecule has 2 aromatic rings. The van der Waals surface area contributed by atoms with Gasteiger partial charge in [0, 0.05) is 15.6 Å². The third-order valence-electron chi connectivity index (χ3n) is 2.36. The molecule has 0 fully saturated rings. The Hall–Kier alpha value is -1.26. The average Bonchev–Trinajstić information content (AvgIpc) is 2.82. The topological polar surface area (TPSA) is 42.6 Å². The highest BCUT2D eigenvalue weighted by Gasteiger charge is 2.15. The third-order valence-corrected chi connectivity index (χ3v) is 3.08. The van der Waals surface area contributed by atoms with Gasteiger partial charge in [0.1, 0.15) is 11.9 Å². The Morgan fingerprint density at radius 1 is 1.38 bits per heavy atom. The Morgan fingerprint density at radius 2 is 2.19 bits per heavy atom. The first kappa shape index (κ1) is 11.2. The number of halogens is 1. The number of aliphatic hydroxyl groups excluding tert-OH is 1. The second-order valence-corrected chi connectivity index (χ2v) is 4.20. The van der Waals surface area contributed by atoms with Gasteiger partial charge in [-0.05, 0) is 24.3 Å². The molecule has 0 aliphatic heterocycles. The first-order chi connectivity index (χ1) is 7.72. The number of ether oxygens (including phenoxy) is 1. The number of benzene rings is 1. The van der Waals surface area contributed by atoms with E-state index >= 15 is 0 Å². The highest BCUT2D eigenvalue weighted by Crippen LogP contribution is 2.31. The van der Waals surface area contributed by atoms with Gasteiger partial charge in [-0.15, -0.1) is 0 Å². The summed E-state index contributed by atoms with van der Waals surface area (Å²) in [7, 11) is 1.59. The summed E-state index contributed by atoms with van der Waals surface area (Å²) in [5, 5.41) is 10.1. The van der Waals surface area contributed by atoms with Crippen molar-refractivity contribution in [2.24, 2.45) is 0 Å². The molecule has 0 saturated carbocycles. The molecular formula is C12H11BrO3. The van der Waals surface area contributed by atoms with Crippen molar-refractivity contribution in [1.82, 2.24) is 0 Å². The summed E-state index contributed by atoms with van der Waals surface area (Å²) in [6.45, 7) is 0. The van der Waals surface area contributed by atoms with Crippen molar-refractivity contribution < 1.29 is 14.3 Å². The molecule has 1 aromatic carbocycles. The van der Waals surface area contributed by atoms with Crippen LogP contribution >= 0.6 is 15.9 Å². The van der Waals surface area contributed by atoms with Crippen molar-refractivity contribution in [3.63, 3.8) is 0 Å². The molecule has 3 nitrogen and oxygen atoms in total. The molecule has 0 aliphatic rings. The maximum atomic E-state index is 10.1. The molecule has 1 atom stereocenters. The van der Waals surface area contributed by atoms with Crippen LogP contribution in [0.1, 0.15) is 17.2 Å². The number of hydrogen-bond donors (Lipinski definition) is 1. The van der Waals surface area contributed by atoms with E-state index in [1.807, 2.05) is 12.1 Å². The van der Waals surface area contributed by atoms with Gasteiger partial charge >= 0.3 is 0 Å². The standard InChI is InChI=1S/C12H11BrO3/c1-15-9-2-3-11(13)10(6-9)12(14)8-4-5-16-7-8/h2-7,12,14H,1H3. The normalized spacial score (nSPS) is 12.4. The predicted molar refractivity (Wildman–Crippen MR) is 63.5 cm³/mol. The van der Waals surface area contributed by atoms with Gasteiger partial charge in [0.15, 0.2) is 0 Å². The molecule has 16 heavy (non-hydrogen) atoms. The van der Waals surface area contributed by atoms with Crippen LogP contribution in [-0.4, -0.2) is 12.2 Å². The molecule has 0 aliphatic carbocycles. The highest BCUT2D eigenvalue weighted by atomic mass is 79.9. The summed E-state index contributed by atoms with van der Waals surface area (Å²) in [4.78, 5) is 0. The average molecular weight is 283 g/mol. The van der Waals surface area contributed by atoms with Gasteiger partial charge < -0.3 is 14.3 Å². The molecule has 1 N–H and O–H groups in total. The van der Waals surface area contributed by atoms with E-state index < -0.39 is 6.10 Å².